The van der Waals surface area contributed by atoms with Gasteiger partial charge in [0.15, 0.2) is 17.0 Å². The van der Waals surface area contributed by atoms with Crippen LogP contribution >= 0.6 is 7.60 Å². The molecule has 2 aromatic rings. The molecule has 1 N–H and O–H groups in total. The van der Waals surface area contributed by atoms with E-state index >= 15 is 0 Å². The Hall–Kier alpha value is -2.40. The molecule has 12 nitrogen and oxygen atoms in total. The highest BCUT2D eigenvalue weighted by Crippen LogP contribution is 2.52. The second-order valence-electron chi connectivity index (χ2n) is 7.49. The van der Waals surface area contributed by atoms with Crippen molar-refractivity contribution < 1.29 is 32.7 Å². The molecular formula is C19H28N5O7P. The minimum atomic E-state index is -3.36. The molecule has 3 rings (SSSR count). The topological polar surface area (TPSA) is 144 Å². The Morgan fingerprint density at radius 3 is 2.75 bits per heavy atom. The van der Waals surface area contributed by atoms with Crippen LogP contribution in [0.25, 0.3) is 11.2 Å². The molecule has 1 amide bonds. The van der Waals surface area contributed by atoms with Gasteiger partial charge in [-0.05, 0) is 20.3 Å². The minimum absolute atomic E-state index is 0.0197. The number of esters is 1. The molecule has 1 fully saturated rings. The molecule has 0 aromatic carbocycles. The third-order valence-corrected chi connectivity index (χ3v) is 6.29. The van der Waals surface area contributed by atoms with Gasteiger partial charge in [0.05, 0.1) is 38.8 Å². The van der Waals surface area contributed by atoms with Gasteiger partial charge in [0, 0.05) is 19.3 Å². The first-order valence-corrected chi connectivity index (χ1v) is 12.1. The molecular weight excluding hydrogens is 441 g/mol. The fraction of sp³-hybridized carbons (Fsp3) is 0.632. The van der Waals surface area contributed by atoms with E-state index in [2.05, 4.69) is 20.3 Å². The van der Waals surface area contributed by atoms with Gasteiger partial charge in [-0.2, -0.15) is 0 Å². The number of nitrogens with one attached hydrogen (secondary N) is 1. The van der Waals surface area contributed by atoms with Crippen LogP contribution in [0.3, 0.4) is 0 Å². The van der Waals surface area contributed by atoms with Gasteiger partial charge in [0.25, 0.3) is 0 Å². The molecule has 3 heterocycles. The van der Waals surface area contributed by atoms with Gasteiger partial charge in [-0.15, -0.1) is 0 Å². The van der Waals surface area contributed by atoms with E-state index in [1.54, 1.807) is 17.8 Å². The molecule has 1 saturated heterocycles. The maximum absolute atomic E-state index is 12.7. The summed E-state index contributed by atoms with van der Waals surface area (Å²) in [6, 6.07) is 0. The molecule has 0 saturated carbocycles. The number of aromatic nitrogens is 4. The predicted molar refractivity (Wildman–Crippen MR) is 114 cm³/mol. The van der Waals surface area contributed by atoms with Gasteiger partial charge >= 0.3 is 13.6 Å². The number of rotatable bonds is 10. The Morgan fingerprint density at radius 1 is 1.31 bits per heavy atom. The number of amides is 1. The Labute approximate surface area is 185 Å². The zero-order chi connectivity index (χ0) is 23.1. The molecule has 32 heavy (non-hydrogen) atoms. The number of carbonyl (C=O) groups is 2. The normalized spacial score (nSPS) is 21.9. The van der Waals surface area contributed by atoms with Crippen molar-refractivity contribution in [3.05, 3.63) is 12.7 Å². The van der Waals surface area contributed by atoms with E-state index in [1.807, 2.05) is 6.92 Å². The summed E-state index contributed by atoms with van der Waals surface area (Å²) in [5.74, 6) is -0.203. The molecule has 0 aliphatic carbocycles. The number of nitrogens with zero attached hydrogens (tertiary/aromatic N) is 4. The van der Waals surface area contributed by atoms with Crippen LogP contribution in [0.1, 0.15) is 33.6 Å². The summed E-state index contributed by atoms with van der Waals surface area (Å²) in [5.41, 5.74) is 1.01. The molecule has 0 radical (unpaired) electrons. The summed E-state index contributed by atoms with van der Waals surface area (Å²) < 4.78 is 36.0. The van der Waals surface area contributed by atoms with Crippen LogP contribution in [0.15, 0.2) is 12.7 Å². The smallest absolute Gasteiger partial charge is 0.356 e. The average molecular weight is 469 g/mol. The van der Waals surface area contributed by atoms with Gasteiger partial charge in [-0.25, -0.2) is 15.0 Å². The van der Waals surface area contributed by atoms with Gasteiger partial charge in [-0.1, -0.05) is 0 Å². The molecule has 0 spiro atoms. The lowest BCUT2D eigenvalue weighted by Gasteiger charge is -2.29. The molecule has 13 heteroatoms. The highest BCUT2D eigenvalue weighted by Gasteiger charge is 2.33. The number of hydrogen-bond acceptors (Lipinski definition) is 10. The largest absolute Gasteiger partial charge is 0.466 e. The first-order valence-electron chi connectivity index (χ1n) is 10.4. The number of hydrogen-bond donors (Lipinski definition) is 1. The van der Waals surface area contributed by atoms with E-state index in [4.69, 9.17) is 18.5 Å². The molecule has 1 atom stereocenters. The van der Waals surface area contributed by atoms with Crippen molar-refractivity contribution in [2.75, 3.05) is 31.5 Å². The van der Waals surface area contributed by atoms with E-state index in [1.165, 1.54) is 13.3 Å². The summed E-state index contributed by atoms with van der Waals surface area (Å²) in [5, 5.41) is 2.62. The minimum Gasteiger partial charge on any atom is -0.466 e. The van der Waals surface area contributed by atoms with E-state index in [0.29, 0.717) is 36.6 Å². The first kappa shape index (κ1) is 24.2. The highest BCUT2D eigenvalue weighted by atomic mass is 31.2. The Bertz CT molecular complexity index is 986. The van der Waals surface area contributed by atoms with Gasteiger partial charge in [0.2, 0.25) is 5.91 Å². The van der Waals surface area contributed by atoms with E-state index in [0.717, 1.165) is 0 Å². The van der Waals surface area contributed by atoms with Crippen molar-refractivity contribution in [3.63, 3.8) is 0 Å². The van der Waals surface area contributed by atoms with Crippen LogP contribution in [0, 0.1) is 5.92 Å². The van der Waals surface area contributed by atoms with Crippen molar-refractivity contribution in [1.29, 1.82) is 0 Å². The first-order chi connectivity index (χ1) is 15.3. The lowest BCUT2D eigenvalue weighted by molar-refractivity contribution is -0.143. The standard InChI is InChI=1S/C19H28N5O7P/c1-4-28-16(26)6-5-15-8-30-32(27,31-9-15)12-29-13(2)7-24-11-22-17-18(23-14(3)25)20-10-21-19(17)24/h10-11,13,15H,4-9,12H2,1-3H3,(H,20,21,23,25)/t13-,15?,32?/m1/s1. The van der Waals surface area contributed by atoms with Crippen molar-refractivity contribution >= 4 is 36.5 Å². The van der Waals surface area contributed by atoms with Crippen LogP contribution in [-0.4, -0.2) is 63.7 Å². The molecule has 2 aromatic heterocycles. The predicted octanol–water partition coefficient (Wildman–Crippen LogP) is 2.35. The Kier molecular flexibility index (Phi) is 8.30. The molecule has 176 valence electrons. The number of imidazole rings is 1. The monoisotopic (exact) mass is 469 g/mol. The van der Waals surface area contributed by atoms with E-state index < -0.39 is 7.60 Å². The second kappa shape index (κ2) is 11.0. The van der Waals surface area contributed by atoms with E-state index in [-0.39, 0.29) is 49.9 Å². The summed E-state index contributed by atoms with van der Waals surface area (Å²) in [6.07, 6.45) is 3.22. The molecule has 0 bridgehead atoms. The van der Waals surface area contributed by atoms with Crippen LogP contribution in [0.2, 0.25) is 0 Å². The average Bonchev–Trinajstić information content (AvgIpc) is 3.16. The van der Waals surface area contributed by atoms with Crippen molar-refractivity contribution in [2.24, 2.45) is 5.92 Å². The number of anilines is 1. The number of carbonyl (C=O) groups excluding carboxylic acids is 2. The SMILES string of the molecule is CCOC(=O)CCC1COP(=O)(CO[C@H](C)Cn2cnc3c(NC(C)=O)ncnc32)OC1. The van der Waals surface area contributed by atoms with Crippen LogP contribution in [0.4, 0.5) is 5.82 Å². The third-order valence-electron chi connectivity index (χ3n) is 4.74. The van der Waals surface area contributed by atoms with Gasteiger partial charge < -0.3 is 28.4 Å². The van der Waals surface area contributed by atoms with Gasteiger partial charge in [-0.3, -0.25) is 14.2 Å². The summed E-state index contributed by atoms with van der Waals surface area (Å²) in [7, 11) is -3.36. The maximum atomic E-state index is 12.7. The number of ether oxygens (including phenoxy) is 2. The second-order valence-corrected chi connectivity index (χ2v) is 9.49. The fourth-order valence-electron chi connectivity index (χ4n) is 3.14. The van der Waals surface area contributed by atoms with Crippen molar-refractivity contribution in [1.82, 2.24) is 19.5 Å². The third kappa shape index (κ3) is 6.55. The Balaban J connectivity index is 1.48. The zero-order valence-corrected chi connectivity index (χ0v) is 19.2. The number of fused-ring (bicyclic) bond motifs is 1. The molecule has 0 unspecified atom stereocenters. The summed E-state index contributed by atoms with van der Waals surface area (Å²) >= 11 is 0. The molecule has 1 aliphatic heterocycles. The lowest BCUT2D eigenvalue weighted by Crippen LogP contribution is -2.25. The summed E-state index contributed by atoms with van der Waals surface area (Å²) in [6.45, 7) is 6.18. The highest BCUT2D eigenvalue weighted by molar-refractivity contribution is 7.53. The van der Waals surface area contributed by atoms with Crippen LogP contribution < -0.4 is 5.32 Å². The van der Waals surface area contributed by atoms with Crippen LogP contribution in [-0.2, 0) is 39.2 Å². The van der Waals surface area contributed by atoms with E-state index in [9.17, 15) is 14.2 Å². The van der Waals surface area contributed by atoms with Crippen molar-refractivity contribution in [3.8, 4) is 0 Å². The zero-order valence-electron chi connectivity index (χ0n) is 18.4. The Morgan fingerprint density at radius 2 is 2.06 bits per heavy atom. The van der Waals surface area contributed by atoms with Crippen molar-refractivity contribution in [2.45, 2.75) is 46.3 Å². The fourth-order valence-corrected chi connectivity index (χ4v) is 4.68. The maximum Gasteiger partial charge on any atom is 0.356 e. The molecule has 1 aliphatic rings. The van der Waals surface area contributed by atoms with Crippen LogP contribution in [0.5, 0.6) is 0 Å². The lowest BCUT2D eigenvalue weighted by atomic mass is 10.1. The van der Waals surface area contributed by atoms with Gasteiger partial charge in [0.1, 0.15) is 12.7 Å². The summed E-state index contributed by atoms with van der Waals surface area (Å²) in [4.78, 5) is 35.3. The quantitative estimate of drug-likeness (QED) is 0.407.